The molecule has 1 aliphatic rings. The number of carbonyl (C=O) groups excluding carboxylic acids is 2. The van der Waals surface area contributed by atoms with Crippen molar-refractivity contribution in [3.8, 4) is 0 Å². The number of fused-ring (bicyclic) bond motifs is 1. The zero-order chi connectivity index (χ0) is 21.3. The number of hydrogen-bond donors (Lipinski definition) is 2. The Kier molecular flexibility index (Phi) is 5.87. The fraction of sp³-hybridized carbons (Fsp3) is 0.227. The Balaban J connectivity index is 1.58. The molecule has 0 unspecified atom stereocenters. The number of furan rings is 1. The van der Waals surface area contributed by atoms with E-state index < -0.39 is 0 Å². The Bertz CT molecular complexity index is 1150. The van der Waals surface area contributed by atoms with Crippen LogP contribution in [0.15, 0.2) is 49.7 Å². The number of benzene rings is 1. The number of nitrogens with zero attached hydrogens (tertiary/aromatic N) is 1. The smallest absolute Gasteiger partial charge is 0.291 e. The molecular formula is C22H20BrN3O3S. The molecule has 1 aliphatic carbocycles. The third-order valence-corrected chi connectivity index (χ3v) is 6.47. The van der Waals surface area contributed by atoms with Crippen LogP contribution in [-0.4, -0.2) is 17.5 Å². The first-order valence-electron chi connectivity index (χ1n) is 9.54. The van der Waals surface area contributed by atoms with E-state index in [4.69, 9.17) is 4.42 Å². The van der Waals surface area contributed by atoms with Gasteiger partial charge in [0.1, 0.15) is 5.76 Å². The van der Waals surface area contributed by atoms with Gasteiger partial charge >= 0.3 is 0 Å². The second-order valence-electron chi connectivity index (χ2n) is 7.12. The molecule has 0 radical (unpaired) electrons. The average molecular weight is 486 g/mol. The van der Waals surface area contributed by atoms with Crippen molar-refractivity contribution in [2.24, 2.45) is 5.10 Å². The first kappa shape index (κ1) is 20.6. The first-order chi connectivity index (χ1) is 14.4. The third-order valence-electron chi connectivity index (χ3n) is 4.94. The minimum absolute atomic E-state index is 0.243. The van der Waals surface area contributed by atoms with Crippen molar-refractivity contribution in [3.05, 3.63) is 73.3 Å². The fourth-order valence-electron chi connectivity index (χ4n) is 3.48. The summed E-state index contributed by atoms with van der Waals surface area (Å²) in [6, 6.07) is 9.30. The number of nitrogens with one attached hydrogen (secondary N) is 2. The molecule has 8 heteroatoms. The van der Waals surface area contributed by atoms with Gasteiger partial charge in [0, 0.05) is 22.0 Å². The molecule has 0 atom stereocenters. The van der Waals surface area contributed by atoms with Gasteiger partial charge in [0.25, 0.3) is 11.8 Å². The molecule has 2 aromatic heterocycles. The number of carbonyl (C=O) groups is 2. The molecule has 3 aromatic rings. The molecule has 2 amide bonds. The van der Waals surface area contributed by atoms with Crippen molar-refractivity contribution in [3.63, 3.8) is 0 Å². The van der Waals surface area contributed by atoms with Crippen molar-refractivity contribution >= 4 is 50.5 Å². The van der Waals surface area contributed by atoms with Crippen molar-refractivity contribution in [1.82, 2.24) is 5.43 Å². The largest absolute Gasteiger partial charge is 0.455 e. The number of halogens is 1. The lowest BCUT2D eigenvalue weighted by molar-refractivity contribution is 0.0957. The molecule has 30 heavy (non-hydrogen) atoms. The Labute approximate surface area is 186 Å². The van der Waals surface area contributed by atoms with Gasteiger partial charge in [-0.15, -0.1) is 11.3 Å². The summed E-state index contributed by atoms with van der Waals surface area (Å²) in [6.07, 6.45) is 2.29. The van der Waals surface area contributed by atoms with Crippen LogP contribution in [-0.2, 0) is 6.42 Å². The summed E-state index contributed by atoms with van der Waals surface area (Å²) in [5.41, 5.74) is 6.68. The molecule has 6 nitrogen and oxygen atoms in total. The van der Waals surface area contributed by atoms with Crippen LogP contribution in [0.25, 0.3) is 0 Å². The van der Waals surface area contributed by atoms with E-state index in [1.54, 1.807) is 6.07 Å². The number of anilines is 1. The highest BCUT2D eigenvalue weighted by Crippen LogP contribution is 2.31. The molecule has 2 N–H and O–H groups in total. The van der Waals surface area contributed by atoms with Gasteiger partial charge < -0.3 is 9.73 Å². The zero-order valence-corrected chi connectivity index (χ0v) is 18.9. The van der Waals surface area contributed by atoms with Crippen molar-refractivity contribution in [2.45, 2.75) is 33.1 Å². The van der Waals surface area contributed by atoms with Crippen LogP contribution in [0, 0.1) is 13.8 Å². The number of hydrogen-bond acceptors (Lipinski definition) is 5. The molecule has 0 saturated carbocycles. The predicted octanol–water partition coefficient (Wildman–Crippen LogP) is 5.44. The molecule has 0 saturated heterocycles. The van der Waals surface area contributed by atoms with E-state index in [1.165, 1.54) is 11.3 Å². The molecule has 4 rings (SSSR count). The number of aryl methyl sites for hydroxylation is 2. The van der Waals surface area contributed by atoms with E-state index in [0.29, 0.717) is 17.0 Å². The molecular weight excluding hydrogens is 466 g/mol. The van der Waals surface area contributed by atoms with E-state index in [2.05, 4.69) is 31.8 Å². The van der Waals surface area contributed by atoms with Gasteiger partial charge in [0.05, 0.1) is 16.3 Å². The van der Waals surface area contributed by atoms with Gasteiger partial charge in [-0.2, -0.15) is 5.10 Å². The molecule has 0 fully saturated rings. The quantitative estimate of drug-likeness (QED) is 0.482. The van der Waals surface area contributed by atoms with Gasteiger partial charge in [-0.25, -0.2) is 5.43 Å². The van der Waals surface area contributed by atoms with Gasteiger partial charge in [0.2, 0.25) is 0 Å². The van der Waals surface area contributed by atoms with Crippen molar-refractivity contribution in [1.29, 1.82) is 0 Å². The summed E-state index contributed by atoms with van der Waals surface area (Å²) in [7, 11) is 0. The monoisotopic (exact) mass is 485 g/mol. The topological polar surface area (TPSA) is 83.7 Å². The van der Waals surface area contributed by atoms with Gasteiger partial charge in [0.15, 0.2) is 5.76 Å². The molecule has 154 valence electrons. The van der Waals surface area contributed by atoms with Crippen LogP contribution in [0.2, 0.25) is 0 Å². The number of thiophene rings is 1. The maximum absolute atomic E-state index is 12.9. The minimum Gasteiger partial charge on any atom is -0.455 e. The second-order valence-corrected chi connectivity index (χ2v) is 8.92. The predicted molar refractivity (Wildman–Crippen MR) is 122 cm³/mol. The third kappa shape index (κ3) is 4.11. The summed E-state index contributed by atoms with van der Waals surface area (Å²) in [6.45, 7) is 3.84. The molecule has 0 bridgehead atoms. The minimum atomic E-state index is -0.312. The highest BCUT2D eigenvalue weighted by molar-refractivity contribution is 9.10. The Morgan fingerprint density at radius 2 is 2.00 bits per heavy atom. The van der Waals surface area contributed by atoms with E-state index in [0.717, 1.165) is 45.5 Å². The lowest BCUT2D eigenvalue weighted by atomic mass is 9.93. The maximum Gasteiger partial charge on any atom is 0.291 e. The van der Waals surface area contributed by atoms with E-state index in [-0.39, 0.29) is 17.6 Å². The van der Waals surface area contributed by atoms with Crippen LogP contribution >= 0.6 is 27.3 Å². The molecule has 1 aromatic carbocycles. The molecule has 0 aliphatic heterocycles. The molecule has 2 heterocycles. The van der Waals surface area contributed by atoms with Gasteiger partial charge in [-0.05, 0) is 71.8 Å². The average Bonchev–Trinajstić information content (AvgIpc) is 3.37. The Morgan fingerprint density at radius 1 is 1.17 bits per heavy atom. The van der Waals surface area contributed by atoms with Crippen LogP contribution in [0.4, 0.5) is 5.69 Å². The number of rotatable bonds is 4. The van der Waals surface area contributed by atoms with Gasteiger partial charge in [-0.1, -0.05) is 12.1 Å². The van der Waals surface area contributed by atoms with E-state index in [1.807, 2.05) is 43.5 Å². The second kappa shape index (κ2) is 8.57. The highest BCUT2D eigenvalue weighted by Gasteiger charge is 2.28. The van der Waals surface area contributed by atoms with Crippen LogP contribution < -0.4 is 10.7 Å². The first-order valence-corrected chi connectivity index (χ1v) is 11.2. The normalized spacial score (nSPS) is 14.4. The van der Waals surface area contributed by atoms with Crippen LogP contribution in [0.5, 0.6) is 0 Å². The van der Waals surface area contributed by atoms with Crippen LogP contribution in [0.3, 0.4) is 0 Å². The fourth-order valence-corrected chi connectivity index (χ4v) is 4.68. The SMILES string of the molecule is Cc1ccc(NC(=O)c2oc3c(c2C)/C(=N/NC(=O)c2cccs2)CCC3)c(Br)c1. The standard InChI is InChI=1S/C22H20BrN3O3S/c1-12-8-9-15(14(23)11-12)24-22(28)20-13(2)19-16(5-3-6-17(19)29-20)25-26-21(27)18-7-4-10-30-18/h4,7-11H,3,5-6H2,1-2H3,(H,24,28)(H,26,27)/b25-16+. The number of amides is 2. The lowest BCUT2D eigenvalue weighted by Crippen LogP contribution is -2.21. The summed E-state index contributed by atoms with van der Waals surface area (Å²) < 4.78 is 6.73. The highest BCUT2D eigenvalue weighted by atomic mass is 79.9. The molecule has 0 spiro atoms. The van der Waals surface area contributed by atoms with Gasteiger partial charge in [-0.3, -0.25) is 9.59 Å². The number of hydrazone groups is 1. The van der Waals surface area contributed by atoms with E-state index >= 15 is 0 Å². The Hall–Kier alpha value is -2.71. The lowest BCUT2D eigenvalue weighted by Gasteiger charge is -2.13. The zero-order valence-electron chi connectivity index (χ0n) is 16.5. The van der Waals surface area contributed by atoms with Crippen molar-refractivity contribution in [2.75, 3.05) is 5.32 Å². The summed E-state index contributed by atoms with van der Waals surface area (Å²) in [4.78, 5) is 25.7. The Morgan fingerprint density at radius 3 is 2.73 bits per heavy atom. The van der Waals surface area contributed by atoms with Crippen molar-refractivity contribution < 1.29 is 14.0 Å². The maximum atomic E-state index is 12.9. The summed E-state index contributed by atoms with van der Waals surface area (Å²) in [5, 5.41) is 9.09. The van der Waals surface area contributed by atoms with Crippen LogP contribution in [0.1, 0.15) is 55.5 Å². The summed E-state index contributed by atoms with van der Waals surface area (Å²) >= 11 is 4.84. The summed E-state index contributed by atoms with van der Waals surface area (Å²) in [5.74, 6) is 0.448. The van der Waals surface area contributed by atoms with E-state index in [9.17, 15) is 9.59 Å².